The molecule has 2 aliphatic rings. The normalized spacial score (nSPS) is 19.7. The summed E-state index contributed by atoms with van der Waals surface area (Å²) in [5.41, 5.74) is 1.31. The summed E-state index contributed by atoms with van der Waals surface area (Å²) in [7, 11) is 0. The Kier molecular flexibility index (Phi) is 4.78. The highest BCUT2D eigenvalue weighted by atomic mass is 32.2. The van der Waals surface area contributed by atoms with Crippen molar-refractivity contribution in [2.45, 2.75) is 38.6 Å². The molecule has 4 nitrogen and oxygen atoms in total. The molecule has 1 spiro atoms. The number of aliphatic imine (C=N–C) groups is 1. The topological polar surface area (TPSA) is 41.9 Å². The molecule has 0 bridgehead atoms. The van der Waals surface area contributed by atoms with Gasteiger partial charge >= 0.3 is 6.09 Å². The van der Waals surface area contributed by atoms with Crippen LogP contribution in [0.4, 0.5) is 4.79 Å². The van der Waals surface area contributed by atoms with Crippen molar-refractivity contribution < 1.29 is 9.53 Å². The summed E-state index contributed by atoms with van der Waals surface area (Å²) >= 11 is 3.67. The van der Waals surface area contributed by atoms with Crippen LogP contribution in [0.3, 0.4) is 0 Å². The first-order valence-corrected chi connectivity index (χ1v) is 9.75. The van der Waals surface area contributed by atoms with Gasteiger partial charge in [-0.3, -0.25) is 4.99 Å². The van der Waals surface area contributed by atoms with Gasteiger partial charge in [0.25, 0.3) is 0 Å². The molecule has 0 N–H and O–H groups in total. The number of thioether (sulfide) groups is 1. The summed E-state index contributed by atoms with van der Waals surface area (Å²) < 4.78 is 5.11. The second kappa shape index (κ2) is 6.62. The first kappa shape index (κ1) is 15.9. The predicted molar refractivity (Wildman–Crippen MR) is 93.3 cm³/mol. The molecule has 3 heterocycles. The number of piperidine rings is 1. The van der Waals surface area contributed by atoms with Gasteiger partial charge in [0, 0.05) is 30.0 Å². The Labute approximate surface area is 139 Å². The molecule has 3 rings (SSSR count). The number of hydrogen-bond acceptors (Lipinski definition) is 5. The Morgan fingerprint density at radius 3 is 2.91 bits per heavy atom. The minimum absolute atomic E-state index is 0.0155. The highest BCUT2D eigenvalue weighted by Crippen LogP contribution is 2.39. The summed E-state index contributed by atoms with van der Waals surface area (Å²) in [6.45, 7) is 5.94. The minimum atomic E-state index is -0.183. The van der Waals surface area contributed by atoms with Gasteiger partial charge in [-0.1, -0.05) is 6.92 Å². The van der Waals surface area contributed by atoms with E-state index in [2.05, 4.69) is 18.4 Å². The summed E-state index contributed by atoms with van der Waals surface area (Å²) in [6.07, 6.45) is 2.69. The molecule has 22 heavy (non-hydrogen) atoms. The zero-order valence-corrected chi connectivity index (χ0v) is 14.8. The number of likely N-dealkylation sites (tertiary alicyclic amines) is 1. The van der Waals surface area contributed by atoms with Crippen LogP contribution in [-0.4, -0.2) is 47.0 Å². The Morgan fingerprint density at radius 2 is 2.23 bits per heavy atom. The van der Waals surface area contributed by atoms with E-state index in [9.17, 15) is 4.79 Å². The predicted octanol–water partition coefficient (Wildman–Crippen LogP) is 3.80. The summed E-state index contributed by atoms with van der Waals surface area (Å²) in [5.74, 6) is 1.04. The van der Waals surface area contributed by atoms with E-state index in [1.54, 1.807) is 0 Å². The Bertz CT molecular complexity index is 574. The number of hydrogen-bond donors (Lipinski definition) is 0. The van der Waals surface area contributed by atoms with Gasteiger partial charge in [0.15, 0.2) is 0 Å². The van der Waals surface area contributed by atoms with Gasteiger partial charge in [-0.15, -0.1) is 23.1 Å². The van der Waals surface area contributed by atoms with Crippen LogP contribution in [-0.2, 0) is 11.2 Å². The molecule has 1 saturated heterocycles. The second-order valence-electron chi connectivity index (χ2n) is 5.69. The molecule has 0 aliphatic carbocycles. The van der Waals surface area contributed by atoms with Crippen molar-refractivity contribution in [3.63, 3.8) is 0 Å². The third-order valence-corrected chi connectivity index (χ3v) is 6.10. The van der Waals surface area contributed by atoms with Crippen LogP contribution in [0.25, 0.3) is 0 Å². The van der Waals surface area contributed by atoms with E-state index >= 15 is 0 Å². The quantitative estimate of drug-likeness (QED) is 0.824. The van der Waals surface area contributed by atoms with E-state index in [1.807, 2.05) is 34.9 Å². The van der Waals surface area contributed by atoms with Crippen LogP contribution in [0.5, 0.6) is 0 Å². The van der Waals surface area contributed by atoms with Crippen molar-refractivity contribution in [3.05, 3.63) is 21.9 Å². The molecule has 1 amide bonds. The summed E-state index contributed by atoms with van der Waals surface area (Å²) in [6, 6.07) is 2.20. The number of ether oxygens (including phenoxy) is 1. The van der Waals surface area contributed by atoms with Gasteiger partial charge < -0.3 is 9.64 Å². The van der Waals surface area contributed by atoms with Gasteiger partial charge in [0.2, 0.25) is 0 Å². The zero-order chi connectivity index (χ0) is 15.6. The van der Waals surface area contributed by atoms with Crippen LogP contribution >= 0.6 is 23.1 Å². The van der Waals surface area contributed by atoms with Gasteiger partial charge in [0.05, 0.1) is 17.2 Å². The molecular weight excluding hydrogens is 316 g/mol. The lowest BCUT2D eigenvalue weighted by Crippen LogP contribution is -2.48. The van der Waals surface area contributed by atoms with Gasteiger partial charge in [-0.05, 0) is 37.0 Å². The molecule has 0 aromatic carbocycles. The Hall–Kier alpha value is -1.01. The summed E-state index contributed by atoms with van der Waals surface area (Å²) in [5, 5.41) is 3.36. The summed E-state index contributed by atoms with van der Waals surface area (Å²) in [4.78, 5) is 20.3. The van der Waals surface area contributed by atoms with Crippen LogP contribution < -0.4 is 0 Å². The molecule has 0 unspecified atom stereocenters. The maximum absolute atomic E-state index is 11.9. The lowest BCUT2D eigenvalue weighted by atomic mass is 9.82. The van der Waals surface area contributed by atoms with Gasteiger partial charge in [0.1, 0.15) is 0 Å². The van der Waals surface area contributed by atoms with Crippen LogP contribution in [0.1, 0.15) is 37.1 Å². The molecular formula is C16H22N2O2S2. The molecule has 1 aromatic heterocycles. The maximum Gasteiger partial charge on any atom is 0.409 e. The number of rotatable bonds is 2. The van der Waals surface area contributed by atoms with Gasteiger partial charge in [-0.2, -0.15) is 0 Å². The van der Waals surface area contributed by atoms with Crippen molar-refractivity contribution in [2.24, 2.45) is 4.99 Å². The smallest absolute Gasteiger partial charge is 0.409 e. The van der Waals surface area contributed by atoms with Crippen LogP contribution in [0.15, 0.2) is 16.4 Å². The minimum Gasteiger partial charge on any atom is -0.450 e. The largest absolute Gasteiger partial charge is 0.450 e. The average molecular weight is 338 g/mol. The van der Waals surface area contributed by atoms with E-state index in [4.69, 9.17) is 9.73 Å². The highest BCUT2D eigenvalue weighted by Gasteiger charge is 2.40. The molecule has 0 atom stereocenters. The average Bonchev–Trinajstić information content (AvgIpc) is 2.96. The number of carbonyl (C=O) groups is 1. The first-order valence-electron chi connectivity index (χ1n) is 7.88. The third kappa shape index (κ3) is 3.04. The monoisotopic (exact) mass is 338 g/mol. The molecule has 6 heteroatoms. The van der Waals surface area contributed by atoms with Crippen LogP contribution in [0, 0.1) is 0 Å². The Balaban J connectivity index is 1.75. The lowest BCUT2D eigenvalue weighted by molar-refractivity contribution is 0.0875. The zero-order valence-electron chi connectivity index (χ0n) is 13.1. The van der Waals surface area contributed by atoms with E-state index in [-0.39, 0.29) is 11.6 Å². The van der Waals surface area contributed by atoms with E-state index in [0.29, 0.717) is 6.61 Å². The number of fused-ring (bicyclic) bond motifs is 1. The SMILES string of the molecule is CCOC(=O)N1CCC2(CC1)Cc1sccc1C(SCC)=N2. The lowest BCUT2D eigenvalue weighted by Gasteiger charge is -2.41. The van der Waals surface area contributed by atoms with E-state index in [1.165, 1.54) is 15.5 Å². The van der Waals surface area contributed by atoms with Crippen molar-refractivity contribution in [2.75, 3.05) is 25.4 Å². The molecule has 1 fully saturated rings. The number of amides is 1. The standard InChI is InChI=1S/C16H22N2O2S2/c1-3-20-15(19)18-8-6-16(7-9-18)11-13-12(5-10-22-13)14(17-16)21-4-2/h5,10H,3-4,6-9,11H2,1-2H3. The number of carbonyl (C=O) groups excluding carboxylic acids is 1. The Morgan fingerprint density at radius 1 is 1.45 bits per heavy atom. The molecule has 0 saturated carbocycles. The van der Waals surface area contributed by atoms with Crippen molar-refractivity contribution in [3.8, 4) is 0 Å². The highest BCUT2D eigenvalue weighted by molar-refractivity contribution is 8.14. The molecule has 2 aliphatic heterocycles. The van der Waals surface area contributed by atoms with Crippen molar-refractivity contribution in [1.29, 1.82) is 0 Å². The fraction of sp³-hybridized carbons (Fsp3) is 0.625. The van der Waals surface area contributed by atoms with Gasteiger partial charge in [-0.25, -0.2) is 4.79 Å². The molecule has 1 aromatic rings. The first-order chi connectivity index (χ1) is 10.7. The second-order valence-corrected chi connectivity index (χ2v) is 7.95. The van der Waals surface area contributed by atoms with Crippen molar-refractivity contribution in [1.82, 2.24) is 4.90 Å². The number of thiophene rings is 1. The number of nitrogens with zero attached hydrogens (tertiary/aromatic N) is 2. The molecule has 120 valence electrons. The third-order valence-electron chi connectivity index (χ3n) is 4.31. The fourth-order valence-electron chi connectivity index (χ4n) is 3.14. The van der Waals surface area contributed by atoms with E-state index in [0.717, 1.165) is 38.1 Å². The fourth-order valence-corrected chi connectivity index (χ4v) is 5.09. The van der Waals surface area contributed by atoms with Crippen molar-refractivity contribution >= 4 is 34.2 Å². The maximum atomic E-state index is 11.9. The van der Waals surface area contributed by atoms with Crippen LogP contribution in [0.2, 0.25) is 0 Å². The van der Waals surface area contributed by atoms with E-state index < -0.39 is 0 Å². The molecule has 0 radical (unpaired) electrons.